The zero-order chi connectivity index (χ0) is 15.8. The Bertz CT molecular complexity index is 450. The Morgan fingerprint density at radius 2 is 1.86 bits per heavy atom. The van der Waals surface area contributed by atoms with Gasteiger partial charge in [-0.1, -0.05) is 26.0 Å². The lowest BCUT2D eigenvalue weighted by Crippen LogP contribution is -2.43. The lowest BCUT2D eigenvalue weighted by Gasteiger charge is -2.27. The van der Waals surface area contributed by atoms with Crippen LogP contribution in [0.5, 0.6) is 0 Å². The fourth-order valence-electron chi connectivity index (χ4n) is 2.72. The van der Waals surface area contributed by atoms with Crippen molar-refractivity contribution in [2.45, 2.75) is 32.6 Å². The van der Waals surface area contributed by atoms with Gasteiger partial charge < -0.3 is 15.5 Å². The third-order valence-corrected chi connectivity index (χ3v) is 4.24. The van der Waals surface area contributed by atoms with Crippen molar-refractivity contribution < 1.29 is 4.79 Å². The number of nitrogens with zero attached hydrogens (tertiary/aromatic N) is 1. The predicted octanol–water partition coefficient (Wildman–Crippen LogP) is 2.23. The van der Waals surface area contributed by atoms with E-state index in [1.807, 2.05) is 24.3 Å². The van der Waals surface area contributed by atoms with Crippen LogP contribution in [0.25, 0.3) is 0 Å². The van der Waals surface area contributed by atoms with Crippen LogP contribution >= 0.6 is 0 Å². The van der Waals surface area contributed by atoms with Crippen LogP contribution in [0.4, 0.5) is 0 Å². The maximum absolute atomic E-state index is 12.1. The van der Waals surface area contributed by atoms with E-state index in [0.29, 0.717) is 5.92 Å². The molecule has 0 atom stereocenters. The normalized spacial score (nSPS) is 16.0. The second-order valence-electron chi connectivity index (χ2n) is 6.33. The molecule has 4 nitrogen and oxygen atoms in total. The highest BCUT2D eigenvalue weighted by molar-refractivity contribution is 5.94. The molecule has 1 fully saturated rings. The van der Waals surface area contributed by atoms with Gasteiger partial charge in [-0.15, -0.1) is 0 Å². The van der Waals surface area contributed by atoms with Crippen molar-refractivity contribution in [2.24, 2.45) is 0 Å². The van der Waals surface area contributed by atoms with Gasteiger partial charge in [0.15, 0.2) is 0 Å². The monoisotopic (exact) mass is 303 g/mol. The largest absolute Gasteiger partial charge is 0.352 e. The van der Waals surface area contributed by atoms with Crippen molar-refractivity contribution in [2.75, 3.05) is 39.3 Å². The Balaban J connectivity index is 1.62. The molecule has 1 aromatic rings. The molecule has 4 heteroatoms. The molecule has 0 bridgehead atoms. The number of carbonyl (C=O) groups excluding carboxylic acids is 1. The first-order valence-corrected chi connectivity index (χ1v) is 8.48. The molecule has 0 spiro atoms. The first kappa shape index (κ1) is 17.0. The van der Waals surface area contributed by atoms with E-state index >= 15 is 0 Å². The fraction of sp³-hybridized carbons (Fsp3) is 0.611. The van der Waals surface area contributed by atoms with Crippen LogP contribution in [-0.2, 0) is 0 Å². The van der Waals surface area contributed by atoms with Crippen molar-refractivity contribution in [3.05, 3.63) is 35.4 Å². The smallest absolute Gasteiger partial charge is 0.251 e. The summed E-state index contributed by atoms with van der Waals surface area (Å²) in [5, 5.41) is 6.38. The number of nitrogens with one attached hydrogen (secondary N) is 2. The lowest BCUT2D eigenvalue weighted by atomic mass is 10.0. The second kappa shape index (κ2) is 8.91. The van der Waals surface area contributed by atoms with Gasteiger partial charge in [0.2, 0.25) is 0 Å². The first-order chi connectivity index (χ1) is 10.7. The molecule has 122 valence electrons. The van der Waals surface area contributed by atoms with E-state index in [2.05, 4.69) is 29.4 Å². The summed E-state index contributed by atoms with van der Waals surface area (Å²) >= 11 is 0. The molecule has 0 radical (unpaired) electrons. The predicted molar refractivity (Wildman–Crippen MR) is 91.4 cm³/mol. The summed E-state index contributed by atoms with van der Waals surface area (Å²) in [6.07, 6.45) is 2.19. The summed E-state index contributed by atoms with van der Waals surface area (Å²) in [4.78, 5) is 14.5. The van der Waals surface area contributed by atoms with Gasteiger partial charge in [0, 0.05) is 38.3 Å². The summed E-state index contributed by atoms with van der Waals surface area (Å²) in [5.41, 5.74) is 2.03. The van der Waals surface area contributed by atoms with Crippen molar-refractivity contribution in [3.8, 4) is 0 Å². The molecule has 1 heterocycles. The third-order valence-electron chi connectivity index (χ3n) is 4.24. The van der Waals surface area contributed by atoms with Gasteiger partial charge in [-0.3, -0.25) is 4.79 Å². The molecule has 2 rings (SSSR count). The lowest BCUT2D eigenvalue weighted by molar-refractivity contribution is 0.0952. The van der Waals surface area contributed by atoms with Gasteiger partial charge in [0.25, 0.3) is 5.91 Å². The van der Waals surface area contributed by atoms with Crippen LogP contribution in [0.15, 0.2) is 24.3 Å². The third kappa shape index (κ3) is 5.43. The summed E-state index contributed by atoms with van der Waals surface area (Å²) in [7, 11) is 0. The average Bonchev–Trinajstić information content (AvgIpc) is 2.55. The zero-order valence-electron chi connectivity index (χ0n) is 13.9. The molecule has 1 saturated heterocycles. The number of benzene rings is 1. The molecule has 0 unspecified atom stereocenters. The van der Waals surface area contributed by atoms with Crippen molar-refractivity contribution in [1.82, 2.24) is 15.5 Å². The fourth-order valence-corrected chi connectivity index (χ4v) is 2.72. The Kier molecular flexibility index (Phi) is 6.87. The van der Waals surface area contributed by atoms with Crippen LogP contribution < -0.4 is 10.6 Å². The molecular weight excluding hydrogens is 274 g/mol. The molecule has 1 aliphatic heterocycles. The Hall–Kier alpha value is -1.39. The van der Waals surface area contributed by atoms with Crippen LogP contribution in [-0.4, -0.2) is 50.1 Å². The highest BCUT2D eigenvalue weighted by Gasteiger charge is 2.09. The van der Waals surface area contributed by atoms with Gasteiger partial charge >= 0.3 is 0 Å². The number of carbonyl (C=O) groups is 1. The summed E-state index contributed by atoms with van der Waals surface area (Å²) in [6.45, 7) is 10.7. The van der Waals surface area contributed by atoms with Crippen LogP contribution in [0.3, 0.4) is 0 Å². The standard InChI is InChI=1S/C18H29N3O/c1-15(2)16-5-7-17(8-6-16)18(22)20-9-3-4-12-21-13-10-19-11-14-21/h5-8,15,19H,3-4,9-14H2,1-2H3,(H,20,22). The van der Waals surface area contributed by atoms with Crippen molar-refractivity contribution >= 4 is 5.91 Å². The van der Waals surface area contributed by atoms with Crippen molar-refractivity contribution in [1.29, 1.82) is 0 Å². The summed E-state index contributed by atoms with van der Waals surface area (Å²) < 4.78 is 0. The van der Waals surface area contributed by atoms with Crippen LogP contribution in [0, 0.1) is 0 Å². The highest BCUT2D eigenvalue weighted by Crippen LogP contribution is 2.14. The zero-order valence-corrected chi connectivity index (χ0v) is 13.9. The number of hydrogen-bond acceptors (Lipinski definition) is 3. The minimum absolute atomic E-state index is 0.0393. The van der Waals surface area contributed by atoms with E-state index in [4.69, 9.17) is 0 Å². The summed E-state index contributed by atoms with van der Waals surface area (Å²) in [6, 6.07) is 7.94. The minimum atomic E-state index is 0.0393. The van der Waals surface area contributed by atoms with Gasteiger partial charge in [-0.2, -0.15) is 0 Å². The van der Waals surface area contributed by atoms with E-state index < -0.39 is 0 Å². The maximum atomic E-state index is 12.1. The van der Waals surface area contributed by atoms with E-state index in [1.165, 1.54) is 5.56 Å². The van der Waals surface area contributed by atoms with Gasteiger partial charge in [0.1, 0.15) is 0 Å². The van der Waals surface area contributed by atoms with E-state index in [1.54, 1.807) is 0 Å². The van der Waals surface area contributed by atoms with E-state index in [-0.39, 0.29) is 5.91 Å². The van der Waals surface area contributed by atoms with Gasteiger partial charge in [-0.05, 0) is 43.0 Å². The van der Waals surface area contributed by atoms with Gasteiger partial charge in [0.05, 0.1) is 0 Å². The molecule has 0 saturated carbocycles. The number of unbranched alkanes of at least 4 members (excludes halogenated alkanes) is 1. The Labute approximate surface area is 134 Å². The number of hydrogen-bond donors (Lipinski definition) is 2. The van der Waals surface area contributed by atoms with Gasteiger partial charge in [-0.25, -0.2) is 0 Å². The molecule has 22 heavy (non-hydrogen) atoms. The molecule has 0 aromatic heterocycles. The number of amides is 1. The number of rotatable bonds is 7. The molecular formula is C18H29N3O. The summed E-state index contributed by atoms with van der Waals surface area (Å²) in [5.74, 6) is 0.541. The Morgan fingerprint density at radius 1 is 1.18 bits per heavy atom. The molecule has 1 aromatic carbocycles. The highest BCUT2D eigenvalue weighted by atomic mass is 16.1. The quantitative estimate of drug-likeness (QED) is 0.759. The molecule has 2 N–H and O–H groups in total. The maximum Gasteiger partial charge on any atom is 0.251 e. The second-order valence-corrected chi connectivity index (χ2v) is 6.33. The van der Waals surface area contributed by atoms with Crippen LogP contribution in [0.2, 0.25) is 0 Å². The number of piperazine rings is 1. The molecule has 0 aliphatic carbocycles. The van der Waals surface area contributed by atoms with Crippen LogP contribution in [0.1, 0.15) is 48.5 Å². The Morgan fingerprint density at radius 3 is 2.50 bits per heavy atom. The SMILES string of the molecule is CC(C)c1ccc(C(=O)NCCCCN2CCNCC2)cc1. The van der Waals surface area contributed by atoms with E-state index in [0.717, 1.165) is 57.7 Å². The van der Waals surface area contributed by atoms with Crippen molar-refractivity contribution in [3.63, 3.8) is 0 Å². The van der Waals surface area contributed by atoms with E-state index in [9.17, 15) is 4.79 Å². The minimum Gasteiger partial charge on any atom is -0.352 e. The average molecular weight is 303 g/mol. The topological polar surface area (TPSA) is 44.4 Å². The molecule has 1 amide bonds. The first-order valence-electron chi connectivity index (χ1n) is 8.48. The molecule has 1 aliphatic rings.